The second-order valence-electron chi connectivity index (χ2n) is 5.85. The van der Waals surface area contributed by atoms with Crippen molar-refractivity contribution in [1.29, 1.82) is 0 Å². The molecule has 1 aliphatic carbocycles. The van der Waals surface area contributed by atoms with Gasteiger partial charge in [-0.15, -0.1) is 0 Å². The van der Waals surface area contributed by atoms with Gasteiger partial charge in [-0.2, -0.15) is 0 Å². The van der Waals surface area contributed by atoms with E-state index >= 15 is 0 Å². The number of benzene rings is 1. The Balaban J connectivity index is 1.78. The molecular formula is C16H23NO. The Bertz CT molecular complexity index is 413. The van der Waals surface area contributed by atoms with Crippen LogP contribution < -0.4 is 5.73 Å². The van der Waals surface area contributed by atoms with E-state index in [1.54, 1.807) is 0 Å². The van der Waals surface area contributed by atoms with Crippen molar-refractivity contribution in [2.45, 2.75) is 50.7 Å². The molecule has 1 saturated carbocycles. The first-order chi connectivity index (χ1) is 8.75. The fraction of sp³-hybridized carbons (Fsp3) is 0.625. The van der Waals surface area contributed by atoms with Gasteiger partial charge >= 0.3 is 0 Å². The van der Waals surface area contributed by atoms with E-state index in [0.717, 1.165) is 18.9 Å². The predicted octanol–water partition coefficient (Wildman–Crippen LogP) is 3.38. The first-order valence-electron chi connectivity index (χ1n) is 7.23. The Morgan fingerprint density at radius 1 is 1.28 bits per heavy atom. The zero-order valence-corrected chi connectivity index (χ0v) is 11.1. The number of hydrogen-bond acceptors (Lipinski definition) is 2. The van der Waals surface area contributed by atoms with E-state index in [0.29, 0.717) is 12.0 Å². The van der Waals surface area contributed by atoms with E-state index in [4.69, 9.17) is 10.5 Å². The maximum Gasteiger partial charge on any atom is 0.0594 e. The van der Waals surface area contributed by atoms with Crippen LogP contribution in [-0.2, 0) is 4.74 Å². The molecule has 2 aliphatic rings. The molecular weight excluding hydrogens is 222 g/mol. The molecule has 2 N–H and O–H groups in total. The topological polar surface area (TPSA) is 35.2 Å². The van der Waals surface area contributed by atoms with Gasteiger partial charge in [-0.3, -0.25) is 0 Å². The highest BCUT2D eigenvalue weighted by atomic mass is 16.5. The van der Waals surface area contributed by atoms with Crippen LogP contribution in [0.5, 0.6) is 0 Å². The minimum atomic E-state index is 0.127. The molecule has 18 heavy (non-hydrogen) atoms. The molecule has 1 aliphatic heterocycles. The standard InChI is InChI=1S/C16H23NO/c1-11-15(8-9-18-11)16(17)14-7-3-6-13(10-14)12-4-2-5-12/h3,6-7,10-12,15-16H,2,4-5,8-9,17H2,1H3. The van der Waals surface area contributed by atoms with E-state index in [9.17, 15) is 0 Å². The molecule has 2 fully saturated rings. The van der Waals surface area contributed by atoms with Gasteiger partial charge in [0, 0.05) is 18.6 Å². The molecule has 3 rings (SSSR count). The SMILES string of the molecule is CC1OCCC1C(N)c1cccc(C2CCC2)c1. The number of nitrogens with two attached hydrogens (primary N) is 1. The summed E-state index contributed by atoms with van der Waals surface area (Å²) in [6.45, 7) is 3.01. The third kappa shape index (κ3) is 2.19. The molecule has 0 aromatic heterocycles. The second kappa shape index (κ2) is 5.02. The smallest absolute Gasteiger partial charge is 0.0594 e. The van der Waals surface area contributed by atoms with Gasteiger partial charge in [0.25, 0.3) is 0 Å². The Hall–Kier alpha value is -0.860. The van der Waals surface area contributed by atoms with Crippen molar-refractivity contribution in [1.82, 2.24) is 0 Å². The van der Waals surface area contributed by atoms with Gasteiger partial charge in [0.1, 0.15) is 0 Å². The van der Waals surface area contributed by atoms with Gasteiger partial charge in [0.2, 0.25) is 0 Å². The summed E-state index contributed by atoms with van der Waals surface area (Å²) in [5.74, 6) is 1.26. The fourth-order valence-corrected chi connectivity index (χ4v) is 3.23. The molecule has 2 heteroatoms. The molecule has 0 radical (unpaired) electrons. The summed E-state index contributed by atoms with van der Waals surface area (Å²) in [5.41, 5.74) is 9.22. The van der Waals surface area contributed by atoms with Crippen molar-refractivity contribution in [3.63, 3.8) is 0 Å². The second-order valence-corrected chi connectivity index (χ2v) is 5.85. The minimum Gasteiger partial charge on any atom is -0.378 e. The molecule has 1 aromatic carbocycles. The highest BCUT2D eigenvalue weighted by Crippen LogP contribution is 2.38. The zero-order chi connectivity index (χ0) is 12.5. The molecule has 1 aromatic rings. The summed E-state index contributed by atoms with van der Waals surface area (Å²) >= 11 is 0. The maximum absolute atomic E-state index is 6.44. The Kier molecular flexibility index (Phi) is 3.40. The van der Waals surface area contributed by atoms with Crippen molar-refractivity contribution in [3.8, 4) is 0 Å². The number of hydrogen-bond donors (Lipinski definition) is 1. The quantitative estimate of drug-likeness (QED) is 0.886. The lowest BCUT2D eigenvalue weighted by Gasteiger charge is -2.28. The summed E-state index contributed by atoms with van der Waals surface area (Å²) < 4.78 is 5.64. The first-order valence-corrected chi connectivity index (χ1v) is 7.23. The van der Waals surface area contributed by atoms with Crippen LogP contribution in [0.2, 0.25) is 0 Å². The summed E-state index contributed by atoms with van der Waals surface area (Å²) in [6.07, 6.45) is 5.47. The van der Waals surface area contributed by atoms with Crippen molar-refractivity contribution < 1.29 is 4.74 Å². The van der Waals surface area contributed by atoms with Crippen LogP contribution in [0.4, 0.5) is 0 Å². The molecule has 98 valence electrons. The van der Waals surface area contributed by atoms with Crippen LogP contribution in [0.25, 0.3) is 0 Å². The number of ether oxygens (including phenoxy) is 1. The van der Waals surface area contributed by atoms with Crippen LogP contribution in [-0.4, -0.2) is 12.7 Å². The van der Waals surface area contributed by atoms with Crippen molar-refractivity contribution in [2.24, 2.45) is 11.7 Å². The number of rotatable bonds is 3. The minimum absolute atomic E-state index is 0.127. The van der Waals surface area contributed by atoms with Gasteiger partial charge in [-0.1, -0.05) is 30.7 Å². The van der Waals surface area contributed by atoms with Gasteiger partial charge in [0.15, 0.2) is 0 Å². The van der Waals surface area contributed by atoms with E-state index < -0.39 is 0 Å². The molecule has 3 atom stereocenters. The van der Waals surface area contributed by atoms with E-state index in [-0.39, 0.29) is 6.04 Å². The first kappa shape index (κ1) is 12.2. The molecule has 3 unspecified atom stereocenters. The molecule has 0 bridgehead atoms. The van der Waals surface area contributed by atoms with Crippen LogP contribution >= 0.6 is 0 Å². The van der Waals surface area contributed by atoms with Crippen LogP contribution in [0.3, 0.4) is 0 Å². The maximum atomic E-state index is 6.44. The van der Waals surface area contributed by atoms with E-state index in [1.165, 1.54) is 30.4 Å². The van der Waals surface area contributed by atoms with Crippen LogP contribution in [0.1, 0.15) is 55.7 Å². The molecule has 1 heterocycles. The summed E-state index contributed by atoms with van der Waals surface area (Å²) in [7, 11) is 0. The van der Waals surface area contributed by atoms with Crippen molar-refractivity contribution in [3.05, 3.63) is 35.4 Å². The largest absolute Gasteiger partial charge is 0.378 e. The summed E-state index contributed by atoms with van der Waals surface area (Å²) in [6, 6.07) is 9.07. The van der Waals surface area contributed by atoms with Gasteiger partial charge in [-0.05, 0) is 43.2 Å². The Labute approximate surface area is 110 Å². The van der Waals surface area contributed by atoms with Gasteiger partial charge < -0.3 is 10.5 Å². The lowest BCUT2D eigenvalue weighted by atomic mass is 9.78. The highest BCUT2D eigenvalue weighted by Gasteiger charge is 2.31. The zero-order valence-electron chi connectivity index (χ0n) is 11.1. The monoisotopic (exact) mass is 245 g/mol. The van der Waals surface area contributed by atoms with Crippen molar-refractivity contribution >= 4 is 0 Å². The van der Waals surface area contributed by atoms with E-state index in [2.05, 4.69) is 31.2 Å². The predicted molar refractivity (Wildman–Crippen MR) is 73.5 cm³/mol. The van der Waals surface area contributed by atoms with Crippen LogP contribution in [0.15, 0.2) is 24.3 Å². The molecule has 0 spiro atoms. The van der Waals surface area contributed by atoms with Gasteiger partial charge in [-0.25, -0.2) is 0 Å². The lowest BCUT2D eigenvalue weighted by molar-refractivity contribution is 0.0995. The normalized spacial score (nSPS) is 30.1. The Morgan fingerprint density at radius 3 is 2.72 bits per heavy atom. The third-order valence-corrected chi connectivity index (χ3v) is 4.77. The molecule has 2 nitrogen and oxygen atoms in total. The fourth-order valence-electron chi connectivity index (χ4n) is 3.23. The molecule has 1 saturated heterocycles. The average Bonchev–Trinajstić information content (AvgIpc) is 2.73. The molecule has 0 amide bonds. The summed E-state index contributed by atoms with van der Waals surface area (Å²) in [4.78, 5) is 0. The summed E-state index contributed by atoms with van der Waals surface area (Å²) in [5, 5.41) is 0. The highest BCUT2D eigenvalue weighted by molar-refractivity contribution is 5.30. The van der Waals surface area contributed by atoms with Crippen molar-refractivity contribution in [2.75, 3.05) is 6.61 Å². The van der Waals surface area contributed by atoms with E-state index in [1.807, 2.05) is 0 Å². The third-order valence-electron chi connectivity index (χ3n) is 4.77. The van der Waals surface area contributed by atoms with Gasteiger partial charge in [0.05, 0.1) is 6.10 Å². The lowest BCUT2D eigenvalue weighted by Crippen LogP contribution is -2.26. The average molecular weight is 245 g/mol. The Morgan fingerprint density at radius 2 is 2.11 bits per heavy atom. The van der Waals surface area contributed by atoms with Crippen LogP contribution in [0, 0.1) is 5.92 Å².